The summed E-state index contributed by atoms with van der Waals surface area (Å²) in [6.07, 6.45) is 0. The fraction of sp³-hybridized carbons (Fsp3) is 0.375. The molecule has 0 bridgehead atoms. The first-order valence-electron chi connectivity index (χ1n) is 7.36. The van der Waals surface area contributed by atoms with Gasteiger partial charge >= 0.3 is 0 Å². The number of nitrogens with zero attached hydrogens (tertiary/aromatic N) is 3. The Morgan fingerprint density at radius 1 is 1.25 bits per heavy atom. The minimum Gasteiger partial charge on any atom is -0.345 e. The molecule has 8 heteroatoms. The van der Waals surface area contributed by atoms with Crippen molar-refractivity contribution in [1.82, 2.24) is 14.2 Å². The van der Waals surface area contributed by atoms with Gasteiger partial charge in [-0.05, 0) is 32.0 Å². The van der Waals surface area contributed by atoms with Gasteiger partial charge in [-0.3, -0.25) is 4.79 Å². The van der Waals surface area contributed by atoms with Gasteiger partial charge in [-0.15, -0.1) is 11.3 Å². The van der Waals surface area contributed by atoms with Crippen LogP contribution in [-0.4, -0.2) is 49.7 Å². The molecule has 2 rings (SSSR count). The summed E-state index contributed by atoms with van der Waals surface area (Å²) in [5.41, 5.74) is 1.21. The minimum atomic E-state index is -3.73. The van der Waals surface area contributed by atoms with Gasteiger partial charge in [0, 0.05) is 37.8 Å². The molecule has 1 unspecified atom stereocenters. The Hall–Kier alpha value is -1.77. The van der Waals surface area contributed by atoms with Crippen LogP contribution in [0.1, 0.15) is 34.0 Å². The van der Waals surface area contributed by atoms with Crippen LogP contribution in [0.3, 0.4) is 0 Å². The lowest BCUT2D eigenvalue weighted by Crippen LogP contribution is -2.30. The average Bonchev–Trinajstić information content (AvgIpc) is 2.99. The topological polar surface area (TPSA) is 70.6 Å². The molecule has 0 aliphatic heterocycles. The van der Waals surface area contributed by atoms with E-state index in [1.54, 1.807) is 33.2 Å². The highest BCUT2D eigenvalue weighted by atomic mass is 32.2. The maximum absolute atomic E-state index is 12.9. The first-order chi connectivity index (χ1) is 11.1. The van der Waals surface area contributed by atoms with Crippen LogP contribution in [0, 0.1) is 6.92 Å². The highest BCUT2D eigenvalue weighted by molar-refractivity contribution is 7.89. The van der Waals surface area contributed by atoms with Gasteiger partial charge in [0.15, 0.2) is 0 Å². The Morgan fingerprint density at radius 2 is 1.92 bits per heavy atom. The summed E-state index contributed by atoms with van der Waals surface area (Å²) >= 11 is 1.43. The van der Waals surface area contributed by atoms with Crippen LogP contribution in [0.2, 0.25) is 0 Å². The first kappa shape index (κ1) is 18.6. The lowest BCUT2D eigenvalue weighted by Gasteiger charge is -2.23. The number of carbonyl (C=O) groups is 1. The molecule has 0 saturated carbocycles. The number of aryl methyl sites for hydroxylation is 1. The number of rotatable bonds is 5. The summed E-state index contributed by atoms with van der Waals surface area (Å²) in [6.45, 7) is 3.67. The van der Waals surface area contributed by atoms with Gasteiger partial charge in [0.05, 0.1) is 10.9 Å². The first-order valence-corrected chi connectivity index (χ1v) is 9.68. The molecular formula is C16H21N3O3S2. The lowest BCUT2D eigenvalue weighted by atomic mass is 10.2. The van der Waals surface area contributed by atoms with E-state index in [4.69, 9.17) is 0 Å². The van der Waals surface area contributed by atoms with Crippen molar-refractivity contribution in [3.8, 4) is 0 Å². The van der Waals surface area contributed by atoms with Crippen molar-refractivity contribution in [2.24, 2.45) is 0 Å². The van der Waals surface area contributed by atoms with Crippen molar-refractivity contribution in [3.05, 3.63) is 45.9 Å². The molecule has 6 nitrogen and oxygen atoms in total. The molecule has 24 heavy (non-hydrogen) atoms. The predicted octanol–water partition coefficient (Wildman–Crippen LogP) is 2.54. The number of aromatic nitrogens is 1. The van der Waals surface area contributed by atoms with Crippen LogP contribution >= 0.6 is 11.3 Å². The fourth-order valence-electron chi connectivity index (χ4n) is 2.14. The molecule has 130 valence electrons. The third kappa shape index (κ3) is 3.66. The van der Waals surface area contributed by atoms with Gasteiger partial charge in [-0.2, -0.15) is 4.31 Å². The molecular weight excluding hydrogens is 346 g/mol. The number of thiazole rings is 1. The van der Waals surface area contributed by atoms with E-state index in [1.807, 2.05) is 12.3 Å². The van der Waals surface area contributed by atoms with Gasteiger partial charge in [-0.1, -0.05) is 6.07 Å². The van der Waals surface area contributed by atoms with Gasteiger partial charge in [0.25, 0.3) is 5.91 Å². The minimum absolute atomic E-state index is 0.0952. The van der Waals surface area contributed by atoms with E-state index in [1.165, 1.54) is 39.7 Å². The summed E-state index contributed by atoms with van der Waals surface area (Å²) in [4.78, 5) is 17.9. The summed E-state index contributed by atoms with van der Waals surface area (Å²) < 4.78 is 27.0. The molecule has 0 saturated heterocycles. The lowest BCUT2D eigenvalue weighted by molar-refractivity contribution is 0.0827. The van der Waals surface area contributed by atoms with E-state index < -0.39 is 10.0 Å². The normalized spacial score (nSPS) is 13.1. The fourth-order valence-corrected chi connectivity index (χ4v) is 4.48. The second-order valence-corrected chi connectivity index (χ2v) is 8.64. The quantitative estimate of drug-likeness (QED) is 0.814. The smallest absolute Gasteiger partial charge is 0.253 e. The molecule has 1 aromatic heterocycles. The zero-order chi connectivity index (χ0) is 18.1. The number of sulfonamides is 1. The summed E-state index contributed by atoms with van der Waals surface area (Å²) in [5.74, 6) is -0.238. The Kier molecular flexibility index (Phi) is 5.42. The van der Waals surface area contributed by atoms with Crippen molar-refractivity contribution < 1.29 is 13.2 Å². The summed E-state index contributed by atoms with van der Waals surface area (Å²) in [6, 6.07) is 5.71. The van der Waals surface area contributed by atoms with Crippen LogP contribution in [0.15, 0.2) is 34.5 Å². The highest BCUT2D eigenvalue weighted by Crippen LogP contribution is 2.28. The predicted molar refractivity (Wildman–Crippen MR) is 94.7 cm³/mol. The Morgan fingerprint density at radius 3 is 2.46 bits per heavy atom. The van der Waals surface area contributed by atoms with Crippen LogP contribution in [0.5, 0.6) is 0 Å². The van der Waals surface area contributed by atoms with Crippen molar-refractivity contribution >= 4 is 27.3 Å². The molecule has 1 amide bonds. The molecule has 0 fully saturated rings. The van der Waals surface area contributed by atoms with Gasteiger partial charge in [0.1, 0.15) is 5.01 Å². The highest BCUT2D eigenvalue weighted by Gasteiger charge is 2.28. The monoisotopic (exact) mass is 367 g/mol. The summed E-state index contributed by atoms with van der Waals surface area (Å²) in [7, 11) is 1.05. The van der Waals surface area contributed by atoms with E-state index in [0.29, 0.717) is 5.56 Å². The molecule has 0 aliphatic carbocycles. The Bertz CT molecular complexity index is 844. The van der Waals surface area contributed by atoms with Gasteiger partial charge < -0.3 is 4.90 Å². The number of benzene rings is 1. The van der Waals surface area contributed by atoms with Crippen molar-refractivity contribution in [2.75, 3.05) is 21.1 Å². The number of hydrogen-bond donors (Lipinski definition) is 0. The van der Waals surface area contributed by atoms with Crippen LogP contribution in [-0.2, 0) is 10.0 Å². The molecule has 1 heterocycles. The largest absolute Gasteiger partial charge is 0.345 e. The Balaban J connectivity index is 2.36. The third-order valence-corrected chi connectivity index (χ3v) is 6.76. The van der Waals surface area contributed by atoms with Crippen LogP contribution < -0.4 is 0 Å². The van der Waals surface area contributed by atoms with E-state index >= 15 is 0 Å². The van der Waals surface area contributed by atoms with E-state index in [9.17, 15) is 13.2 Å². The zero-order valence-corrected chi connectivity index (χ0v) is 16.0. The molecule has 0 radical (unpaired) electrons. The maximum atomic E-state index is 12.9. The third-order valence-electron chi connectivity index (χ3n) is 3.70. The molecule has 0 spiro atoms. The van der Waals surface area contributed by atoms with Gasteiger partial charge in [-0.25, -0.2) is 13.4 Å². The number of carbonyl (C=O) groups excluding carboxylic acids is 1. The molecule has 0 aliphatic rings. The second-order valence-electron chi connectivity index (χ2n) is 5.75. The van der Waals surface area contributed by atoms with Crippen LogP contribution in [0.4, 0.5) is 0 Å². The number of amides is 1. The Labute approximate surface area is 146 Å². The SMILES string of the molecule is Cc1csc(C(C)N(C)S(=O)(=O)c2cccc(C(=O)N(C)C)c2)n1. The van der Waals surface area contributed by atoms with Crippen LogP contribution in [0.25, 0.3) is 0 Å². The number of hydrogen-bond acceptors (Lipinski definition) is 5. The second kappa shape index (κ2) is 7.00. The molecule has 0 N–H and O–H groups in total. The molecule has 1 aromatic carbocycles. The van der Waals surface area contributed by atoms with Crippen molar-refractivity contribution in [2.45, 2.75) is 24.8 Å². The van der Waals surface area contributed by atoms with Crippen molar-refractivity contribution in [1.29, 1.82) is 0 Å². The maximum Gasteiger partial charge on any atom is 0.253 e. The molecule has 1 atom stereocenters. The van der Waals surface area contributed by atoms with E-state index in [-0.39, 0.29) is 16.8 Å². The standard InChI is InChI=1S/C16H21N3O3S2/c1-11-10-23-15(17-11)12(2)19(5)24(21,22)14-8-6-7-13(9-14)16(20)18(3)4/h6-10,12H,1-5H3. The zero-order valence-electron chi connectivity index (χ0n) is 14.3. The van der Waals surface area contributed by atoms with E-state index in [2.05, 4.69) is 4.98 Å². The van der Waals surface area contributed by atoms with Gasteiger partial charge in [0.2, 0.25) is 10.0 Å². The molecule has 2 aromatic rings. The summed E-state index contributed by atoms with van der Waals surface area (Å²) in [5, 5.41) is 2.63. The van der Waals surface area contributed by atoms with Crippen molar-refractivity contribution in [3.63, 3.8) is 0 Å². The average molecular weight is 367 g/mol. The van der Waals surface area contributed by atoms with E-state index in [0.717, 1.165) is 10.7 Å².